The smallest absolute Gasteiger partial charge is 0.267 e. The number of hydrogen-bond donors (Lipinski definition) is 2. The average Bonchev–Trinajstić information content (AvgIpc) is 2.50. The van der Waals surface area contributed by atoms with Crippen molar-refractivity contribution in [2.24, 2.45) is 0 Å². The summed E-state index contributed by atoms with van der Waals surface area (Å²) in [7, 11) is 0. The van der Waals surface area contributed by atoms with E-state index in [1.165, 1.54) is 0 Å². The molecule has 0 radical (unpaired) electrons. The topological polar surface area (TPSA) is 50.4 Å². The van der Waals surface area contributed by atoms with Crippen LogP contribution in [0.3, 0.4) is 0 Å². The highest BCUT2D eigenvalue weighted by atomic mass is 16.5. The largest absolute Gasteiger partial charge is 0.477 e. The molecule has 0 saturated heterocycles. The average molecular weight is 282 g/mol. The van der Waals surface area contributed by atoms with E-state index >= 15 is 0 Å². The number of fused-ring (bicyclic) bond motifs is 1. The Hall–Kier alpha value is -2.49. The van der Waals surface area contributed by atoms with Gasteiger partial charge in [-0.2, -0.15) is 0 Å². The van der Waals surface area contributed by atoms with E-state index in [0.717, 1.165) is 22.5 Å². The molecule has 3 rings (SSSR count). The number of ether oxygens (including phenoxy) is 1. The van der Waals surface area contributed by atoms with Crippen LogP contribution >= 0.6 is 0 Å². The van der Waals surface area contributed by atoms with Crippen molar-refractivity contribution in [3.05, 3.63) is 53.6 Å². The van der Waals surface area contributed by atoms with E-state index in [-0.39, 0.29) is 5.91 Å². The van der Waals surface area contributed by atoms with Crippen molar-refractivity contribution in [2.75, 3.05) is 17.2 Å². The van der Waals surface area contributed by atoms with Crippen LogP contribution in [0.1, 0.15) is 11.1 Å². The lowest BCUT2D eigenvalue weighted by Crippen LogP contribution is -2.41. The van der Waals surface area contributed by atoms with Gasteiger partial charge in [0.25, 0.3) is 5.91 Å². The Labute approximate surface area is 124 Å². The number of nitrogens with one attached hydrogen (secondary N) is 2. The van der Waals surface area contributed by atoms with Gasteiger partial charge in [-0.1, -0.05) is 24.3 Å². The summed E-state index contributed by atoms with van der Waals surface area (Å²) < 4.78 is 5.76. The third kappa shape index (κ3) is 2.84. The van der Waals surface area contributed by atoms with Gasteiger partial charge in [0.2, 0.25) is 0 Å². The Kier molecular flexibility index (Phi) is 3.52. The first kappa shape index (κ1) is 13.5. The number of anilines is 2. The van der Waals surface area contributed by atoms with Crippen LogP contribution in [0, 0.1) is 13.8 Å². The van der Waals surface area contributed by atoms with E-state index in [1.54, 1.807) is 0 Å². The van der Waals surface area contributed by atoms with Crippen molar-refractivity contribution < 1.29 is 9.53 Å². The number of amides is 1. The second-order valence-corrected chi connectivity index (χ2v) is 5.29. The van der Waals surface area contributed by atoms with Crippen LogP contribution in [0.5, 0.6) is 5.75 Å². The van der Waals surface area contributed by atoms with Crippen molar-refractivity contribution in [2.45, 2.75) is 20.0 Å². The second kappa shape index (κ2) is 5.48. The summed E-state index contributed by atoms with van der Waals surface area (Å²) in [5, 5.41) is 6.17. The van der Waals surface area contributed by atoms with Gasteiger partial charge >= 0.3 is 0 Å². The molecule has 1 unspecified atom stereocenters. The van der Waals surface area contributed by atoms with Crippen molar-refractivity contribution in [3.8, 4) is 5.75 Å². The van der Waals surface area contributed by atoms with Gasteiger partial charge in [0.15, 0.2) is 6.10 Å². The number of carbonyl (C=O) groups excluding carboxylic acids is 1. The minimum absolute atomic E-state index is 0.134. The minimum Gasteiger partial charge on any atom is -0.477 e. The molecule has 0 bridgehead atoms. The van der Waals surface area contributed by atoms with E-state index in [0.29, 0.717) is 12.3 Å². The molecule has 4 nitrogen and oxygen atoms in total. The van der Waals surface area contributed by atoms with Gasteiger partial charge in [0.05, 0.1) is 12.2 Å². The summed E-state index contributed by atoms with van der Waals surface area (Å²) in [6, 6.07) is 13.6. The molecule has 108 valence electrons. The van der Waals surface area contributed by atoms with Gasteiger partial charge < -0.3 is 15.4 Å². The zero-order valence-corrected chi connectivity index (χ0v) is 12.1. The van der Waals surface area contributed by atoms with E-state index in [2.05, 4.69) is 10.6 Å². The van der Waals surface area contributed by atoms with Crippen LogP contribution in [0.15, 0.2) is 42.5 Å². The molecule has 2 aromatic rings. The molecule has 0 saturated carbocycles. The highest BCUT2D eigenvalue weighted by molar-refractivity contribution is 5.96. The maximum atomic E-state index is 12.4. The predicted octanol–water partition coefficient (Wildman–Crippen LogP) is 3.12. The van der Waals surface area contributed by atoms with Crippen molar-refractivity contribution in [1.82, 2.24) is 0 Å². The standard InChI is InChI=1S/C17H18N2O2/c1-11-7-8-12(2)14(9-11)19-17(20)16-10-18-13-5-3-4-6-15(13)21-16/h3-9,16,18H,10H2,1-2H3,(H,19,20). The zero-order chi connectivity index (χ0) is 14.8. The number of hydrogen-bond acceptors (Lipinski definition) is 3. The fraction of sp³-hybridized carbons (Fsp3) is 0.235. The Morgan fingerprint density at radius 2 is 2.05 bits per heavy atom. The van der Waals surface area contributed by atoms with Crippen molar-refractivity contribution >= 4 is 17.3 Å². The summed E-state index contributed by atoms with van der Waals surface area (Å²) in [4.78, 5) is 12.4. The molecule has 1 aliphatic heterocycles. The van der Waals surface area contributed by atoms with Crippen LogP contribution in [-0.4, -0.2) is 18.6 Å². The first-order chi connectivity index (χ1) is 10.1. The normalized spacial score (nSPS) is 16.4. The molecule has 1 atom stereocenters. The number of para-hydroxylation sites is 2. The maximum Gasteiger partial charge on any atom is 0.267 e. The molecule has 0 spiro atoms. The number of aryl methyl sites for hydroxylation is 2. The summed E-state index contributed by atoms with van der Waals surface area (Å²) >= 11 is 0. The monoisotopic (exact) mass is 282 g/mol. The molecule has 4 heteroatoms. The minimum atomic E-state index is -0.528. The highest BCUT2D eigenvalue weighted by Crippen LogP contribution is 2.28. The Balaban J connectivity index is 1.74. The van der Waals surface area contributed by atoms with Crippen LogP contribution in [-0.2, 0) is 4.79 Å². The third-order valence-corrected chi connectivity index (χ3v) is 3.58. The van der Waals surface area contributed by atoms with Crippen molar-refractivity contribution in [1.29, 1.82) is 0 Å². The number of benzene rings is 2. The van der Waals surface area contributed by atoms with Crippen molar-refractivity contribution in [3.63, 3.8) is 0 Å². The van der Waals surface area contributed by atoms with Gasteiger partial charge in [0.1, 0.15) is 5.75 Å². The lowest BCUT2D eigenvalue weighted by Gasteiger charge is -2.26. The summed E-state index contributed by atoms with van der Waals surface area (Å²) in [5.41, 5.74) is 3.91. The Morgan fingerprint density at radius 1 is 1.24 bits per heavy atom. The molecule has 2 aromatic carbocycles. The summed E-state index contributed by atoms with van der Waals surface area (Å²) in [5.74, 6) is 0.579. The first-order valence-corrected chi connectivity index (χ1v) is 7.01. The SMILES string of the molecule is Cc1ccc(C)c(NC(=O)C2CNc3ccccc3O2)c1. The lowest BCUT2D eigenvalue weighted by atomic mass is 10.1. The Morgan fingerprint density at radius 3 is 2.90 bits per heavy atom. The lowest BCUT2D eigenvalue weighted by molar-refractivity contribution is -0.122. The van der Waals surface area contributed by atoms with Gasteiger partial charge in [-0.3, -0.25) is 4.79 Å². The zero-order valence-electron chi connectivity index (χ0n) is 12.1. The molecule has 1 heterocycles. The fourth-order valence-electron chi connectivity index (χ4n) is 2.34. The van der Waals surface area contributed by atoms with E-state index in [4.69, 9.17) is 4.74 Å². The summed E-state index contributed by atoms with van der Waals surface area (Å²) in [6.07, 6.45) is -0.528. The molecule has 2 N–H and O–H groups in total. The van der Waals surface area contributed by atoms with Crippen LogP contribution in [0.25, 0.3) is 0 Å². The van der Waals surface area contributed by atoms with E-state index in [1.807, 2.05) is 56.3 Å². The van der Waals surface area contributed by atoms with Gasteiger partial charge in [-0.05, 0) is 43.2 Å². The fourth-order valence-corrected chi connectivity index (χ4v) is 2.34. The number of carbonyl (C=O) groups is 1. The second-order valence-electron chi connectivity index (χ2n) is 5.29. The molecule has 0 aliphatic carbocycles. The molecule has 1 aliphatic rings. The molecule has 0 aromatic heterocycles. The molecular formula is C17H18N2O2. The Bertz CT molecular complexity index is 682. The quantitative estimate of drug-likeness (QED) is 0.890. The predicted molar refractivity (Wildman–Crippen MR) is 83.9 cm³/mol. The third-order valence-electron chi connectivity index (χ3n) is 3.58. The molecule has 21 heavy (non-hydrogen) atoms. The number of rotatable bonds is 2. The van der Waals surface area contributed by atoms with E-state index in [9.17, 15) is 4.79 Å². The van der Waals surface area contributed by atoms with E-state index < -0.39 is 6.10 Å². The van der Waals surface area contributed by atoms with Gasteiger partial charge in [-0.15, -0.1) is 0 Å². The van der Waals surface area contributed by atoms with Gasteiger partial charge in [-0.25, -0.2) is 0 Å². The van der Waals surface area contributed by atoms with Crippen LogP contribution in [0.4, 0.5) is 11.4 Å². The first-order valence-electron chi connectivity index (χ1n) is 7.01. The molecule has 0 fully saturated rings. The maximum absolute atomic E-state index is 12.4. The highest BCUT2D eigenvalue weighted by Gasteiger charge is 2.25. The van der Waals surface area contributed by atoms with Gasteiger partial charge in [0, 0.05) is 5.69 Å². The molecule has 1 amide bonds. The van der Waals surface area contributed by atoms with Crippen LogP contribution in [0.2, 0.25) is 0 Å². The summed E-state index contributed by atoms with van der Waals surface area (Å²) in [6.45, 7) is 4.45. The molecular weight excluding hydrogens is 264 g/mol. The van der Waals surface area contributed by atoms with Crippen LogP contribution < -0.4 is 15.4 Å².